The van der Waals surface area contributed by atoms with Crippen LogP contribution in [0.25, 0.3) is 6.08 Å². The van der Waals surface area contributed by atoms with Crippen molar-refractivity contribution in [3.63, 3.8) is 0 Å². The van der Waals surface area contributed by atoms with Gasteiger partial charge in [0.1, 0.15) is 6.33 Å². The minimum absolute atomic E-state index is 0.480. The minimum Gasteiger partial charge on any atom is -0.250 e. The van der Waals surface area contributed by atoms with Crippen molar-refractivity contribution < 1.29 is 0 Å². The van der Waals surface area contributed by atoms with Gasteiger partial charge in [-0.1, -0.05) is 36.4 Å². The zero-order valence-corrected chi connectivity index (χ0v) is 10.2. The van der Waals surface area contributed by atoms with Crippen LogP contribution in [0.3, 0.4) is 0 Å². The van der Waals surface area contributed by atoms with E-state index in [0.717, 1.165) is 11.1 Å². The lowest BCUT2D eigenvalue weighted by molar-refractivity contribution is 0.862. The van der Waals surface area contributed by atoms with Crippen LogP contribution >= 0.6 is 12.2 Å². The molecule has 0 unspecified atom stereocenters. The van der Waals surface area contributed by atoms with Crippen molar-refractivity contribution in [2.45, 2.75) is 6.92 Å². The van der Waals surface area contributed by atoms with Gasteiger partial charge in [-0.3, -0.25) is 5.10 Å². The predicted octanol–water partition coefficient (Wildman–Crippen LogP) is 2.88. The smallest absolute Gasteiger partial charge is 0.216 e. The molecule has 0 fully saturated rings. The molecule has 0 aliphatic heterocycles. The molecule has 1 aromatic carbocycles. The van der Waals surface area contributed by atoms with E-state index in [-0.39, 0.29) is 0 Å². The van der Waals surface area contributed by atoms with Gasteiger partial charge in [-0.05, 0) is 30.3 Å². The summed E-state index contributed by atoms with van der Waals surface area (Å²) in [5.41, 5.74) is 2.19. The van der Waals surface area contributed by atoms with Crippen LogP contribution in [-0.4, -0.2) is 21.1 Å². The Balaban J connectivity index is 2.15. The van der Waals surface area contributed by atoms with Crippen molar-refractivity contribution in [2.75, 3.05) is 0 Å². The molecule has 0 saturated carbocycles. The Morgan fingerprint density at radius 2 is 2.18 bits per heavy atom. The van der Waals surface area contributed by atoms with E-state index >= 15 is 0 Å². The first kappa shape index (κ1) is 11.5. The number of nitrogens with zero attached hydrogens (tertiary/aromatic N) is 3. The molecule has 0 amide bonds. The Kier molecular flexibility index (Phi) is 3.62. The van der Waals surface area contributed by atoms with E-state index in [9.17, 15) is 0 Å². The van der Waals surface area contributed by atoms with Gasteiger partial charge in [0.2, 0.25) is 4.77 Å². The molecule has 1 N–H and O–H groups in total. The minimum atomic E-state index is 0.480. The highest BCUT2D eigenvalue weighted by Gasteiger charge is 1.90. The van der Waals surface area contributed by atoms with Crippen molar-refractivity contribution in [3.8, 4) is 0 Å². The summed E-state index contributed by atoms with van der Waals surface area (Å²) in [5, 5.41) is 10.6. The third-order valence-corrected chi connectivity index (χ3v) is 2.39. The quantitative estimate of drug-likeness (QED) is 0.666. The summed E-state index contributed by atoms with van der Waals surface area (Å²) in [4.78, 5) is 0. The average molecular weight is 244 g/mol. The van der Waals surface area contributed by atoms with Crippen LogP contribution in [0.1, 0.15) is 12.5 Å². The average Bonchev–Trinajstić information content (AvgIpc) is 2.74. The van der Waals surface area contributed by atoms with Crippen LogP contribution in [0.5, 0.6) is 0 Å². The summed E-state index contributed by atoms with van der Waals surface area (Å²) in [6, 6.07) is 10.1. The Hall–Kier alpha value is -2.01. The van der Waals surface area contributed by atoms with Crippen molar-refractivity contribution in [3.05, 3.63) is 52.6 Å². The molecule has 0 radical (unpaired) electrons. The fraction of sp³-hybridized carbons (Fsp3) is 0.0833. The topological polar surface area (TPSA) is 46.0 Å². The number of allylic oxidation sites excluding steroid dienone is 1. The van der Waals surface area contributed by atoms with E-state index in [1.807, 2.05) is 43.3 Å². The van der Waals surface area contributed by atoms with Gasteiger partial charge in [-0.2, -0.15) is 14.9 Å². The lowest BCUT2D eigenvalue weighted by Crippen LogP contribution is -1.88. The van der Waals surface area contributed by atoms with Gasteiger partial charge in [-0.25, -0.2) is 0 Å². The highest BCUT2D eigenvalue weighted by molar-refractivity contribution is 7.71. The molecule has 4 nitrogen and oxygen atoms in total. The highest BCUT2D eigenvalue weighted by Crippen LogP contribution is 2.04. The SMILES string of the molecule is CC(C=Nn1cn[nH]c1=S)=Cc1ccccc1. The number of aromatic amines is 1. The van der Waals surface area contributed by atoms with Crippen LogP contribution in [0, 0.1) is 4.77 Å². The Morgan fingerprint density at radius 3 is 2.82 bits per heavy atom. The molecule has 0 aliphatic carbocycles. The Bertz CT molecular complexity index is 592. The first-order valence-electron chi connectivity index (χ1n) is 5.15. The van der Waals surface area contributed by atoms with E-state index in [0.29, 0.717) is 4.77 Å². The lowest BCUT2D eigenvalue weighted by atomic mass is 10.1. The number of aromatic nitrogens is 3. The number of H-pyrrole nitrogens is 1. The molecule has 1 aromatic heterocycles. The molecule has 5 heteroatoms. The zero-order chi connectivity index (χ0) is 12.1. The standard InChI is InChI=1S/C12H12N4S/c1-10(7-11-5-3-2-4-6-11)8-14-16-9-13-15-12(16)17/h2-9H,1H3,(H,15,17). The zero-order valence-electron chi connectivity index (χ0n) is 9.37. The number of hydrogen-bond donors (Lipinski definition) is 1. The highest BCUT2D eigenvalue weighted by atomic mass is 32.1. The van der Waals surface area contributed by atoms with Crippen LogP contribution in [-0.2, 0) is 0 Å². The molecule has 0 aliphatic rings. The molecule has 86 valence electrons. The van der Waals surface area contributed by atoms with Crippen LogP contribution in [0.15, 0.2) is 47.3 Å². The van der Waals surface area contributed by atoms with Crippen LogP contribution in [0.2, 0.25) is 0 Å². The fourth-order valence-electron chi connectivity index (χ4n) is 1.33. The molecule has 17 heavy (non-hydrogen) atoms. The van der Waals surface area contributed by atoms with Gasteiger partial charge in [0.05, 0.1) is 6.21 Å². The first-order valence-corrected chi connectivity index (χ1v) is 5.56. The van der Waals surface area contributed by atoms with Gasteiger partial charge in [0, 0.05) is 0 Å². The van der Waals surface area contributed by atoms with Crippen molar-refractivity contribution in [1.29, 1.82) is 0 Å². The van der Waals surface area contributed by atoms with Crippen molar-refractivity contribution in [2.24, 2.45) is 5.10 Å². The third kappa shape index (κ3) is 3.22. The maximum absolute atomic E-state index is 4.98. The summed E-state index contributed by atoms with van der Waals surface area (Å²) >= 11 is 4.98. The summed E-state index contributed by atoms with van der Waals surface area (Å²) in [6.45, 7) is 1.99. The number of hydrogen-bond acceptors (Lipinski definition) is 3. The molecule has 0 spiro atoms. The predicted molar refractivity (Wildman–Crippen MR) is 71.4 cm³/mol. The monoisotopic (exact) mass is 244 g/mol. The normalized spacial score (nSPS) is 12.2. The van der Waals surface area contributed by atoms with E-state index in [2.05, 4.69) is 15.3 Å². The molecule has 0 bridgehead atoms. The number of nitrogens with one attached hydrogen (secondary N) is 1. The third-order valence-electron chi connectivity index (χ3n) is 2.12. The maximum Gasteiger partial charge on any atom is 0.216 e. The van der Waals surface area contributed by atoms with Gasteiger partial charge in [0.15, 0.2) is 0 Å². The molecule has 0 saturated heterocycles. The fourth-order valence-corrected chi connectivity index (χ4v) is 1.47. The number of rotatable bonds is 3. The van der Waals surface area contributed by atoms with Crippen LogP contribution in [0.4, 0.5) is 0 Å². The Morgan fingerprint density at radius 1 is 1.41 bits per heavy atom. The second-order valence-electron chi connectivity index (χ2n) is 3.55. The van der Waals surface area contributed by atoms with Gasteiger partial charge < -0.3 is 0 Å². The summed E-state index contributed by atoms with van der Waals surface area (Å²) in [6.07, 6.45) is 5.33. The molecule has 2 aromatic rings. The first-order chi connectivity index (χ1) is 8.25. The molecule has 2 rings (SSSR count). The van der Waals surface area contributed by atoms with Crippen LogP contribution < -0.4 is 0 Å². The van der Waals surface area contributed by atoms with E-state index in [4.69, 9.17) is 12.2 Å². The lowest BCUT2D eigenvalue weighted by Gasteiger charge is -1.94. The summed E-state index contributed by atoms with van der Waals surface area (Å²) in [7, 11) is 0. The number of benzene rings is 1. The molecular weight excluding hydrogens is 232 g/mol. The van der Waals surface area contributed by atoms with Crippen molar-refractivity contribution >= 4 is 24.5 Å². The summed E-state index contributed by atoms with van der Waals surface area (Å²) < 4.78 is 1.99. The molecule has 0 atom stereocenters. The van der Waals surface area contributed by atoms with E-state index in [1.165, 1.54) is 11.0 Å². The maximum atomic E-state index is 4.98. The van der Waals surface area contributed by atoms with E-state index in [1.54, 1.807) is 6.21 Å². The molecular formula is C12H12N4S. The second-order valence-corrected chi connectivity index (χ2v) is 3.94. The largest absolute Gasteiger partial charge is 0.250 e. The second kappa shape index (κ2) is 5.36. The van der Waals surface area contributed by atoms with Gasteiger partial charge in [0.25, 0.3) is 0 Å². The van der Waals surface area contributed by atoms with Gasteiger partial charge >= 0.3 is 0 Å². The summed E-state index contributed by atoms with van der Waals surface area (Å²) in [5.74, 6) is 0. The van der Waals surface area contributed by atoms with Crippen molar-refractivity contribution in [1.82, 2.24) is 14.9 Å². The van der Waals surface area contributed by atoms with E-state index < -0.39 is 0 Å². The van der Waals surface area contributed by atoms with Gasteiger partial charge in [-0.15, -0.1) is 0 Å². The molecule has 1 heterocycles. The Labute approximate surface area is 104 Å².